The first-order chi connectivity index (χ1) is 5.66. The van der Waals surface area contributed by atoms with Crippen LogP contribution >= 0.6 is 27.5 Å². The zero-order chi connectivity index (χ0) is 8.72. The predicted molar refractivity (Wildman–Crippen MR) is 46.2 cm³/mol. The molecule has 0 fully saturated rings. The SMILES string of the molecule is [O-]c1nc2cc(Cl)c(Br)cc2o1. The minimum absolute atomic E-state index is 0.441. The molecule has 0 N–H and O–H groups in total. The fourth-order valence-corrected chi connectivity index (χ4v) is 1.38. The fraction of sp³-hybridized carbons (Fsp3) is 0. The number of rotatable bonds is 0. The third-order valence-electron chi connectivity index (χ3n) is 1.41. The third-order valence-corrected chi connectivity index (χ3v) is 2.61. The topological polar surface area (TPSA) is 49.1 Å². The molecular formula is C7H2BrClNO2-. The Kier molecular flexibility index (Phi) is 1.73. The van der Waals surface area contributed by atoms with Gasteiger partial charge in [0, 0.05) is 10.1 Å². The van der Waals surface area contributed by atoms with E-state index in [9.17, 15) is 5.11 Å². The zero-order valence-electron chi connectivity index (χ0n) is 5.67. The van der Waals surface area contributed by atoms with Gasteiger partial charge in [0.05, 0.1) is 10.5 Å². The number of oxazole rings is 1. The molecular weight excluding hydrogens is 245 g/mol. The number of benzene rings is 1. The summed E-state index contributed by atoms with van der Waals surface area (Å²) in [6, 6.07) is 3.19. The molecule has 0 atom stereocenters. The first kappa shape index (κ1) is 7.89. The minimum atomic E-state index is -0.598. The molecule has 1 heterocycles. The Bertz CT molecular complexity index is 401. The molecule has 5 heteroatoms. The predicted octanol–water partition coefficient (Wildman–Crippen LogP) is 2.32. The van der Waals surface area contributed by atoms with Gasteiger partial charge in [0.2, 0.25) is 0 Å². The van der Waals surface area contributed by atoms with Crippen LogP contribution in [0, 0.1) is 0 Å². The lowest BCUT2D eigenvalue weighted by Gasteiger charge is -1.95. The standard InChI is InChI=1S/C7H3BrClNO2/c8-3-1-6-5(2-4(3)9)10-7(11)12-6/h1-2H,(H,10,11)/p-1. The van der Waals surface area contributed by atoms with E-state index >= 15 is 0 Å². The van der Waals surface area contributed by atoms with Crippen LogP contribution in [-0.4, -0.2) is 4.98 Å². The van der Waals surface area contributed by atoms with Crippen LogP contribution in [-0.2, 0) is 0 Å². The maximum atomic E-state index is 10.7. The summed E-state index contributed by atoms with van der Waals surface area (Å²) in [5.41, 5.74) is 0.921. The molecule has 1 aromatic carbocycles. The summed E-state index contributed by atoms with van der Waals surface area (Å²) in [6.07, 6.45) is -0.598. The molecule has 12 heavy (non-hydrogen) atoms. The molecule has 3 nitrogen and oxygen atoms in total. The third kappa shape index (κ3) is 1.17. The van der Waals surface area contributed by atoms with Crippen molar-refractivity contribution in [3.8, 4) is 6.08 Å². The summed E-state index contributed by atoms with van der Waals surface area (Å²) in [4.78, 5) is 3.59. The van der Waals surface area contributed by atoms with Crippen LogP contribution < -0.4 is 5.11 Å². The van der Waals surface area contributed by atoms with Crippen molar-refractivity contribution in [1.82, 2.24) is 4.98 Å². The number of hydrogen-bond acceptors (Lipinski definition) is 3. The van der Waals surface area contributed by atoms with Crippen molar-refractivity contribution >= 4 is 38.6 Å². The van der Waals surface area contributed by atoms with Crippen molar-refractivity contribution < 1.29 is 9.52 Å². The molecule has 0 spiro atoms. The van der Waals surface area contributed by atoms with Crippen LogP contribution in [0.25, 0.3) is 11.1 Å². The van der Waals surface area contributed by atoms with Crippen molar-refractivity contribution in [1.29, 1.82) is 0 Å². The van der Waals surface area contributed by atoms with E-state index in [0.29, 0.717) is 20.6 Å². The molecule has 0 aliphatic heterocycles. The van der Waals surface area contributed by atoms with Gasteiger partial charge in [-0.05, 0) is 28.1 Å². The van der Waals surface area contributed by atoms with Gasteiger partial charge in [-0.15, -0.1) is 0 Å². The van der Waals surface area contributed by atoms with Crippen molar-refractivity contribution in [3.63, 3.8) is 0 Å². The summed E-state index contributed by atoms with van der Waals surface area (Å²) in [7, 11) is 0. The summed E-state index contributed by atoms with van der Waals surface area (Å²) >= 11 is 8.97. The second-order valence-corrected chi connectivity index (χ2v) is 3.48. The number of hydrogen-bond donors (Lipinski definition) is 0. The minimum Gasteiger partial charge on any atom is -0.564 e. The van der Waals surface area contributed by atoms with Crippen LogP contribution in [0.2, 0.25) is 5.02 Å². The molecule has 0 radical (unpaired) electrons. The molecule has 62 valence electrons. The van der Waals surface area contributed by atoms with Gasteiger partial charge in [-0.25, -0.2) is 4.98 Å². The van der Waals surface area contributed by atoms with Gasteiger partial charge in [-0.3, -0.25) is 0 Å². The van der Waals surface area contributed by atoms with E-state index in [4.69, 9.17) is 16.0 Å². The molecule has 2 rings (SSSR count). The number of aromatic nitrogens is 1. The average Bonchev–Trinajstić information content (AvgIpc) is 2.30. The highest BCUT2D eigenvalue weighted by Crippen LogP contribution is 2.29. The summed E-state index contributed by atoms with van der Waals surface area (Å²) in [5.74, 6) is 0. The van der Waals surface area contributed by atoms with E-state index in [1.807, 2.05) is 0 Å². The van der Waals surface area contributed by atoms with Crippen LogP contribution in [0.3, 0.4) is 0 Å². The highest BCUT2D eigenvalue weighted by Gasteiger charge is 2.01. The Morgan fingerprint density at radius 2 is 2.25 bits per heavy atom. The lowest BCUT2D eigenvalue weighted by Crippen LogP contribution is -1.86. The van der Waals surface area contributed by atoms with Gasteiger partial charge in [0.15, 0.2) is 6.08 Å². The van der Waals surface area contributed by atoms with Crippen molar-refractivity contribution in [2.24, 2.45) is 0 Å². The van der Waals surface area contributed by atoms with E-state index in [1.54, 1.807) is 12.1 Å². The molecule has 0 aliphatic carbocycles. The molecule has 0 saturated heterocycles. The van der Waals surface area contributed by atoms with Crippen molar-refractivity contribution in [3.05, 3.63) is 21.6 Å². The highest BCUT2D eigenvalue weighted by atomic mass is 79.9. The molecule has 0 unspecified atom stereocenters. The Morgan fingerprint density at radius 3 is 3.00 bits per heavy atom. The molecule has 0 aliphatic rings. The summed E-state index contributed by atoms with van der Waals surface area (Å²) in [6.45, 7) is 0. The second-order valence-electron chi connectivity index (χ2n) is 2.21. The summed E-state index contributed by atoms with van der Waals surface area (Å²) in [5, 5.41) is 11.2. The Hall–Kier alpha value is -0.740. The van der Waals surface area contributed by atoms with Crippen LogP contribution in [0.1, 0.15) is 0 Å². The lowest BCUT2D eigenvalue weighted by molar-refractivity contribution is -0.299. The van der Waals surface area contributed by atoms with Gasteiger partial charge in [0.25, 0.3) is 0 Å². The maximum Gasteiger partial charge on any atom is 0.156 e. The number of fused-ring (bicyclic) bond motifs is 1. The van der Waals surface area contributed by atoms with Gasteiger partial charge in [-0.2, -0.15) is 0 Å². The van der Waals surface area contributed by atoms with E-state index in [1.165, 1.54) is 0 Å². The average molecular weight is 247 g/mol. The van der Waals surface area contributed by atoms with E-state index in [-0.39, 0.29) is 0 Å². The van der Waals surface area contributed by atoms with Crippen LogP contribution in [0.5, 0.6) is 6.08 Å². The smallest absolute Gasteiger partial charge is 0.156 e. The van der Waals surface area contributed by atoms with E-state index in [2.05, 4.69) is 20.9 Å². The van der Waals surface area contributed by atoms with Gasteiger partial charge < -0.3 is 9.52 Å². The molecule has 2 aromatic rings. The highest BCUT2D eigenvalue weighted by molar-refractivity contribution is 9.10. The zero-order valence-corrected chi connectivity index (χ0v) is 8.02. The monoisotopic (exact) mass is 246 g/mol. The largest absolute Gasteiger partial charge is 0.564 e. The molecule has 1 aromatic heterocycles. The second kappa shape index (κ2) is 2.64. The molecule has 0 saturated carbocycles. The lowest BCUT2D eigenvalue weighted by atomic mass is 10.3. The van der Waals surface area contributed by atoms with Gasteiger partial charge in [0.1, 0.15) is 0 Å². The molecule has 0 amide bonds. The number of nitrogens with zero attached hydrogens (tertiary/aromatic N) is 1. The Labute approximate surface area is 81.1 Å². The summed E-state index contributed by atoms with van der Waals surface area (Å²) < 4.78 is 5.44. The van der Waals surface area contributed by atoms with Crippen molar-refractivity contribution in [2.45, 2.75) is 0 Å². The van der Waals surface area contributed by atoms with E-state index < -0.39 is 6.08 Å². The number of halogens is 2. The first-order valence-electron chi connectivity index (χ1n) is 3.09. The van der Waals surface area contributed by atoms with Crippen LogP contribution in [0.4, 0.5) is 0 Å². The maximum absolute atomic E-state index is 10.7. The Morgan fingerprint density at radius 1 is 1.50 bits per heavy atom. The van der Waals surface area contributed by atoms with Crippen LogP contribution in [0.15, 0.2) is 21.0 Å². The fourth-order valence-electron chi connectivity index (χ4n) is 0.902. The normalized spacial score (nSPS) is 10.8. The Balaban J connectivity index is 2.83. The van der Waals surface area contributed by atoms with Gasteiger partial charge >= 0.3 is 0 Å². The van der Waals surface area contributed by atoms with E-state index in [0.717, 1.165) is 0 Å². The quantitative estimate of drug-likeness (QED) is 0.718. The van der Waals surface area contributed by atoms with Crippen molar-refractivity contribution in [2.75, 3.05) is 0 Å². The first-order valence-corrected chi connectivity index (χ1v) is 4.26. The van der Waals surface area contributed by atoms with Gasteiger partial charge in [-0.1, -0.05) is 11.6 Å². The molecule has 0 bridgehead atoms.